The van der Waals surface area contributed by atoms with E-state index in [4.69, 9.17) is 19.6 Å². The lowest BCUT2D eigenvalue weighted by molar-refractivity contribution is -0.0893. The molecule has 5 aromatic rings. The molecule has 0 aliphatic heterocycles. The van der Waals surface area contributed by atoms with E-state index in [1.165, 1.54) is 5.39 Å². The van der Waals surface area contributed by atoms with Crippen LogP contribution in [0.1, 0.15) is 27.7 Å². The maximum atomic E-state index is 10.4. The fraction of sp³-hybridized carbons (Fsp3) is 0.194. The molecule has 0 fully saturated rings. The van der Waals surface area contributed by atoms with Crippen molar-refractivity contribution in [2.75, 3.05) is 0 Å². The minimum Gasteiger partial charge on any atom is -0.427 e. The van der Waals surface area contributed by atoms with E-state index in [0.717, 1.165) is 27.5 Å². The maximum Gasteiger partial charge on any atom is 0.330 e. The molecule has 0 aliphatic rings. The van der Waals surface area contributed by atoms with Crippen molar-refractivity contribution in [3.63, 3.8) is 0 Å². The predicted octanol–water partition coefficient (Wildman–Crippen LogP) is 5.84. The van der Waals surface area contributed by atoms with Crippen LogP contribution in [-0.2, 0) is 4.65 Å². The summed E-state index contributed by atoms with van der Waals surface area (Å²) in [5, 5.41) is 12.7. The van der Waals surface area contributed by atoms with Gasteiger partial charge >= 0.3 is 7.48 Å². The summed E-state index contributed by atoms with van der Waals surface area (Å²) in [4.78, 5) is 14.6. The highest BCUT2D eigenvalue weighted by Crippen LogP contribution is 2.27. The number of aliphatic hydroxyl groups is 1. The van der Waals surface area contributed by atoms with E-state index in [0.29, 0.717) is 17.5 Å². The van der Waals surface area contributed by atoms with Gasteiger partial charge < -0.3 is 9.76 Å². The molecule has 0 spiro atoms. The Hall–Kier alpha value is -3.87. The summed E-state index contributed by atoms with van der Waals surface area (Å²) < 4.78 is 5.97. The molecule has 37 heavy (non-hydrogen) atoms. The van der Waals surface area contributed by atoms with Gasteiger partial charge in [-0.15, -0.1) is 0 Å². The van der Waals surface area contributed by atoms with Gasteiger partial charge in [-0.2, -0.15) is 0 Å². The molecular formula is C31H29BN3O2. The first-order valence-corrected chi connectivity index (χ1v) is 12.3. The van der Waals surface area contributed by atoms with Gasteiger partial charge in [0.15, 0.2) is 17.5 Å². The van der Waals surface area contributed by atoms with Crippen LogP contribution in [0.4, 0.5) is 0 Å². The average molecular weight is 486 g/mol. The second-order valence-corrected chi connectivity index (χ2v) is 10.2. The van der Waals surface area contributed by atoms with Crippen LogP contribution in [0.15, 0.2) is 97.1 Å². The zero-order valence-corrected chi connectivity index (χ0v) is 21.5. The number of benzene rings is 4. The maximum absolute atomic E-state index is 10.4. The Morgan fingerprint density at radius 1 is 0.595 bits per heavy atom. The van der Waals surface area contributed by atoms with Gasteiger partial charge in [-0.25, -0.2) is 15.0 Å². The molecule has 0 amide bonds. The molecule has 1 radical (unpaired) electrons. The third-order valence-corrected chi connectivity index (χ3v) is 6.78. The van der Waals surface area contributed by atoms with Crippen molar-refractivity contribution in [2.24, 2.45) is 0 Å². The van der Waals surface area contributed by atoms with Gasteiger partial charge in [-0.3, -0.25) is 0 Å². The molecule has 1 heterocycles. The van der Waals surface area contributed by atoms with Gasteiger partial charge in [0.1, 0.15) is 0 Å². The lowest BCUT2D eigenvalue weighted by atomic mass is 9.82. The van der Waals surface area contributed by atoms with Crippen LogP contribution >= 0.6 is 0 Å². The molecule has 0 aliphatic carbocycles. The summed E-state index contributed by atoms with van der Waals surface area (Å²) in [6.45, 7) is 7.20. The zero-order chi connectivity index (χ0) is 26.0. The van der Waals surface area contributed by atoms with Gasteiger partial charge in [-0.1, -0.05) is 96.5 Å². The second kappa shape index (κ2) is 9.89. The highest BCUT2D eigenvalue weighted by molar-refractivity contribution is 6.47. The van der Waals surface area contributed by atoms with E-state index in [-0.39, 0.29) is 0 Å². The monoisotopic (exact) mass is 486 g/mol. The molecule has 1 aromatic heterocycles. The molecule has 1 N–H and O–H groups in total. The Bertz CT molecular complexity index is 1550. The Labute approximate surface area is 218 Å². The van der Waals surface area contributed by atoms with Gasteiger partial charge in [-0.05, 0) is 44.5 Å². The average Bonchev–Trinajstić information content (AvgIpc) is 2.91. The zero-order valence-electron chi connectivity index (χ0n) is 21.5. The van der Waals surface area contributed by atoms with Crippen molar-refractivity contribution in [2.45, 2.75) is 38.9 Å². The lowest BCUT2D eigenvalue weighted by Crippen LogP contribution is -2.49. The summed E-state index contributed by atoms with van der Waals surface area (Å²) >= 11 is 0. The van der Waals surface area contributed by atoms with E-state index in [1.54, 1.807) is 21.3 Å². The number of nitrogens with zero attached hydrogens (tertiary/aromatic N) is 3. The third-order valence-electron chi connectivity index (χ3n) is 6.78. The number of rotatable bonds is 7. The van der Waals surface area contributed by atoms with Crippen molar-refractivity contribution >= 4 is 23.7 Å². The molecule has 0 bridgehead atoms. The van der Waals surface area contributed by atoms with Crippen LogP contribution in [0.5, 0.6) is 0 Å². The summed E-state index contributed by atoms with van der Waals surface area (Å²) in [5.74, 6) is 1.81. The second-order valence-electron chi connectivity index (χ2n) is 10.2. The predicted molar refractivity (Wildman–Crippen MR) is 150 cm³/mol. The third kappa shape index (κ3) is 5.46. The first-order valence-electron chi connectivity index (χ1n) is 12.3. The van der Waals surface area contributed by atoms with E-state index in [9.17, 15) is 5.11 Å². The minimum absolute atomic E-state index is 0.578. The van der Waals surface area contributed by atoms with Gasteiger partial charge in [0.05, 0.1) is 11.2 Å². The van der Waals surface area contributed by atoms with Crippen molar-refractivity contribution in [1.82, 2.24) is 15.0 Å². The van der Waals surface area contributed by atoms with Gasteiger partial charge in [0, 0.05) is 16.7 Å². The lowest BCUT2D eigenvalue weighted by Gasteiger charge is -2.37. The highest BCUT2D eigenvalue weighted by atomic mass is 16.5. The highest BCUT2D eigenvalue weighted by Gasteiger charge is 2.35. The van der Waals surface area contributed by atoms with Crippen LogP contribution in [0.3, 0.4) is 0 Å². The van der Waals surface area contributed by atoms with Crippen molar-refractivity contribution < 1.29 is 9.76 Å². The van der Waals surface area contributed by atoms with E-state index in [2.05, 4.69) is 24.3 Å². The Morgan fingerprint density at radius 2 is 1.16 bits per heavy atom. The van der Waals surface area contributed by atoms with Crippen LogP contribution in [0.2, 0.25) is 0 Å². The molecule has 0 atom stereocenters. The normalized spacial score (nSPS) is 12.0. The van der Waals surface area contributed by atoms with Crippen molar-refractivity contribution in [1.29, 1.82) is 0 Å². The van der Waals surface area contributed by atoms with E-state index >= 15 is 0 Å². The quantitative estimate of drug-likeness (QED) is 0.293. The molecule has 0 saturated carbocycles. The molecule has 6 heteroatoms. The first kappa shape index (κ1) is 24.8. The largest absolute Gasteiger partial charge is 0.427 e. The van der Waals surface area contributed by atoms with Crippen LogP contribution in [0.25, 0.3) is 44.9 Å². The SMILES string of the molecule is CC(C)(O)C(C)(C)O[B]c1cccc(-c2nc(-c3ccccc3)nc(-c3ccc4ccccc4c3)n2)c1. The van der Waals surface area contributed by atoms with E-state index < -0.39 is 11.2 Å². The van der Waals surface area contributed by atoms with Crippen LogP contribution in [0, 0.1) is 0 Å². The van der Waals surface area contributed by atoms with Crippen LogP contribution in [-0.4, -0.2) is 38.7 Å². The summed E-state index contributed by atoms with van der Waals surface area (Å²) in [5.41, 5.74) is 1.78. The number of aromatic nitrogens is 3. The van der Waals surface area contributed by atoms with Crippen molar-refractivity contribution in [3.8, 4) is 34.2 Å². The van der Waals surface area contributed by atoms with Crippen molar-refractivity contribution in [3.05, 3.63) is 97.1 Å². The first-order chi connectivity index (χ1) is 17.7. The molecule has 183 valence electrons. The molecule has 4 aromatic carbocycles. The fourth-order valence-electron chi connectivity index (χ4n) is 3.79. The summed E-state index contributed by atoms with van der Waals surface area (Å²) in [6.07, 6.45) is 0. The van der Waals surface area contributed by atoms with Gasteiger partial charge in [0.2, 0.25) is 0 Å². The smallest absolute Gasteiger partial charge is 0.330 e. The number of hydrogen-bond donors (Lipinski definition) is 1. The number of hydrogen-bond acceptors (Lipinski definition) is 5. The topological polar surface area (TPSA) is 68.1 Å². The molecule has 5 nitrogen and oxygen atoms in total. The fourth-order valence-corrected chi connectivity index (χ4v) is 3.79. The minimum atomic E-state index is -1.01. The van der Waals surface area contributed by atoms with Gasteiger partial charge in [0.25, 0.3) is 0 Å². The Morgan fingerprint density at radius 3 is 1.84 bits per heavy atom. The Balaban J connectivity index is 1.56. The molecule has 0 saturated heterocycles. The van der Waals surface area contributed by atoms with E-state index in [1.807, 2.05) is 86.6 Å². The Kier molecular flexibility index (Phi) is 6.63. The number of fused-ring (bicyclic) bond motifs is 1. The summed E-state index contributed by atoms with van der Waals surface area (Å²) in [7, 11) is 1.67. The molecule has 0 unspecified atom stereocenters. The molecule has 5 rings (SSSR count). The molecular weight excluding hydrogens is 457 g/mol. The summed E-state index contributed by atoms with van der Waals surface area (Å²) in [6, 6.07) is 32.3. The standard InChI is InChI=1S/C31H29BN3O2/c1-30(2,36)31(3,4)37-32-26-16-10-15-24(20-26)28-33-27(22-12-6-5-7-13-22)34-29(35-28)25-18-17-21-11-8-9-14-23(21)19-25/h5-20,36H,1-4H3. The van der Waals surface area contributed by atoms with Crippen LogP contribution < -0.4 is 5.46 Å².